The minimum absolute atomic E-state index is 0.0353. The Hall–Kier alpha value is -3.49. The van der Waals surface area contributed by atoms with Gasteiger partial charge in [-0.1, -0.05) is 11.2 Å². The summed E-state index contributed by atoms with van der Waals surface area (Å²) in [5, 5.41) is 8.57. The molecule has 30 heavy (non-hydrogen) atoms. The van der Waals surface area contributed by atoms with Gasteiger partial charge in [-0.15, -0.1) is 0 Å². The fourth-order valence-corrected chi connectivity index (χ4v) is 4.44. The number of hydrogen-bond acceptors (Lipinski definition) is 6. The molecule has 1 spiro atoms. The largest absolute Gasteiger partial charge is 0.361 e. The first-order chi connectivity index (χ1) is 14.6. The van der Waals surface area contributed by atoms with Gasteiger partial charge in [-0.05, 0) is 31.9 Å². The Balaban J connectivity index is 1.36. The molecule has 0 aliphatic carbocycles. The van der Waals surface area contributed by atoms with E-state index in [9.17, 15) is 9.59 Å². The standard InChI is InChI=1S/C21H22N6O3/c1-15-12-16(24-30-15)14-26-18-5-9-23-27(18)21(13-19(26)28)6-10-25(11-7-21)20(29)17-4-2-3-8-22-17/h2-5,8-9,12H,6-7,10-11,13-14H2,1H3. The van der Waals surface area contributed by atoms with Crippen LogP contribution in [-0.2, 0) is 16.9 Å². The van der Waals surface area contributed by atoms with E-state index in [0.717, 1.165) is 5.82 Å². The van der Waals surface area contributed by atoms with Crippen LogP contribution in [0.5, 0.6) is 0 Å². The molecule has 0 saturated carbocycles. The van der Waals surface area contributed by atoms with Crippen LogP contribution in [0.3, 0.4) is 0 Å². The summed E-state index contributed by atoms with van der Waals surface area (Å²) in [7, 11) is 0. The van der Waals surface area contributed by atoms with Gasteiger partial charge in [0.05, 0.1) is 24.7 Å². The minimum Gasteiger partial charge on any atom is -0.361 e. The number of anilines is 1. The van der Waals surface area contributed by atoms with Crippen molar-refractivity contribution in [3.8, 4) is 0 Å². The molecule has 2 amide bonds. The highest BCUT2D eigenvalue weighted by Gasteiger charge is 2.46. The number of pyridine rings is 1. The lowest BCUT2D eigenvalue weighted by Crippen LogP contribution is -2.54. The van der Waals surface area contributed by atoms with Crippen LogP contribution in [0, 0.1) is 6.92 Å². The highest BCUT2D eigenvalue weighted by atomic mass is 16.5. The lowest BCUT2D eigenvalue weighted by molar-refractivity contribution is -0.123. The van der Waals surface area contributed by atoms with Crippen molar-refractivity contribution in [3.05, 3.63) is 59.9 Å². The molecule has 1 saturated heterocycles. The number of piperidine rings is 1. The molecule has 0 N–H and O–H groups in total. The van der Waals surface area contributed by atoms with Crippen LogP contribution in [0.2, 0.25) is 0 Å². The molecule has 3 aromatic rings. The van der Waals surface area contributed by atoms with Gasteiger partial charge in [-0.3, -0.25) is 19.5 Å². The number of carbonyl (C=O) groups is 2. The van der Waals surface area contributed by atoms with Crippen LogP contribution in [-0.4, -0.2) is 49.7 Å². The van der Waals surface area contributed by atoms with Gasteiger partial charge in [-0.2, -0.15) is 5.10 Å². The predicted molar refractivity (Wildman–Crippen MR) is 107 cm³/mol. The van der Waals surface area contributed by atoms with E-state index in [1.165, 1.54) is 0 Å². The average Bonchev–Trinajstić information content (AvgIpc) is 3.41. The van der Waals surface area contributed by atoms with Crippen LogP contribution in [0.15, 0.2) is 47.2 Å². The Labute approximate surface area is 173 Å². The number of aromatic nitrogens is 4. The van der Waals surface area contributed by atoms with E-state index in [1.807, 2.05) is 34.7 Å². The average molecular weight is 406 g/mol. The first-order valence-corrected chi connectivity index (χ1v) is 10.0. The number of hydrogen-bond donors (Lipinski definition) is 0. The fraction of sp³-hybridized carbons (Fsp3) is 0.381. The third kappa shape index (κ3) is 3.06. The van der Waals surface area contributed by atoms with Crippen molar-refractivity contribution in [2.75, 3.05) is 18.0 Å². The molecule has 2 aliphatic heterocycles. The van der Waals surface area contributed by atoms with Crippen molar-refractivity contribution in [3.63, 3.8) is 0 Å². The van der Waals surface area contributed by atoms with Crippen molar-refractivity contribution < 1.29 is 14.1 Å². The first-order valence-electron chi connectivity index (χ1n) is 10.0. The molecule has 0 aromatic carbocycles. The summed E-state index contributed by atoms with van der Waals surface area (Å²) in [5.74, 6) is 1.44. The Morgan fingerprint density at radius 1 is 1.20 bits per heavy atom. The number of amides is 2. The Morgan fingerprint density at radius 3 is 2.73 bits per heavy atom. The molecule has 154 valence electrons. The van der Waals surface area contributed by atoms with E-state index in [0.29, 0.717) is 56.0 Å². The third-order valence-electron chi connectivity index (χ3n) is 5.99. The summed E-state index contributed by atoms with van der Waals surface area (Å²) in [6.07, 6.45) is 5.04. The number of carbonyl (C=O) groups excluding carboxylic acids is 2. The zero-order valence-corrected chi connectivity index (χ0v) is 16.7. The molecule has 0 atom stereocenters. The van der Waals surface area contributed by atoms with E-state index in [1.54, 1.807) is 29.4 Å². The van der Waals surface area contributed by atoms with E-state index in [4.69, 9.17) is 4.52 Å². The topological polar surface area (TPSA) is 97.4 Å². The van der Waals surface area contributed by atoms with Crippen LogP contribution in [0.25, 0.3) is 0 Å². The molecule has 0 bridgehead atoms. The molecular formula is C21H22N6O3. The molecule has 0 unspecified atom stereocenters. The zero-order chi connectivity index (χ0) is 20.7. The molecule has 9 nitrogen and oxygen atoms in total. The number of nitrogens with zero attached hydrogens (tertiary/aromatic N) is 6. The molecular weight excluding hydrogens is 384 g/mol. The molecule has 1 fully saturated rings. The van der Waals surface area contributed by atoms with Crippen LogP contribution in [0.4, 0.5) is 5.82 Å². The fourth-order valence-electron chi connectivity index (χ4n) is 4.44. The molecule has 5 heterocycles. The van der Waals surface area contributed by atoms with Crippen LogP contribution >= 0.6 is 0 Å². The predicted octanol–water partition coefficient (Wildman–Crippen LogP) is 2.14. The number of aryl methyl sites for hydroxylation is 1. The van der Waals surface area contributed by atoms with E-state index in [-0.39, 0.29) is 11.8 Å². The van der Waals surface area contributed by atoms with Gasteiger partial charge in [0, 0.05) is 31.4 Å². The first kappa shape index (κ1) is 18.5. The quantitative estimate of drug-likeness (QED) is 0.661. The van der Waals surface area contributed by atoms with Crippen molar-refractivity contribution in [1.29, 1.82) is 0 Å². The molecule has 9 heteroatoms. The van der Waals surface area contributed by atoms with Crippen molar-refractivity contribution in [2.45, 2.75) is 38.3 Å². The Bertz CT molecular complexity index is 1080. The van der Waals surface area contributed by atoms with Gasteiger partial charge in [0.1, 0.15) is 23.0 Å². The molecule has 0 radical (unpaired) electrons. The third-order valence-corrected chi connectivity index (χ3v) is 5.99. The second-order valence-corrected chi connectivity index (χ2v) is 7.92. The van der Waals surface area contributed by atoms with Gasteiger partial charge in [0.15, 0.2) is 0 Å². The van der Waals surface area contributed by atoms with E-state index < -0.39 is 5.54 Å². The van der Waals surface area contributed by atoms with Crippen molar-refractivity contribution in [2.24, 2.45) is 0 Å². The summed E-state index contributed by atoms with van der Waals surface area (Å²) < 4.78 is 7.10. The minimum atomic E-state index is -0.410. The molecule has 3 aromatic heterocycles. The van der Waals surface area contributed by atoms with Gasteiger partial charge in [0.25, 0.3) is 5.91 Å². The van der Waals surface area contributed by atoms with Gasteiger partial charge in [-0.25, -0.2) is 4.68 Å². The Morgan fingerprint density at radius 2 is 2.03 bits per heavy atom. The number of likely N-dealkylation sites (tertiary alicyclic amines) is 1. The normalized spacial score (nSPS) is 18.0. The van der Waals surface area contributed by atoms with E-state index >= 15 is 0 Å². The summed E-state index contributed by atoms with van der Waals surface area (Å²) in [5.41, 5.74) is 0.745. The second kappa shape index (κ2) is 7.08. The zero-order valence-electron chi connectivity index (χ0n) is 16.7. The molecule has 2 aliphatic rings. The van der Waals surface area contributed by atoms with E-state index in [2.05, 4.69) is 15.2 Å². The summed E-state index contributed by atoms with van der Waals surface area (Å²) in [6, 6.07) is 9.02. The summed E-state index contributed by atoms with van der Waals surface area (Å²) in [6.45, 7) is 3.30. The van der Waals surface area contributed by atoms with Gasteiger partial charge >= 0.3 is 0 Å². The lowest BCUT2D eigenvalue weighted by atomic mass is 9.82. The van der Waals surface area contributed by atoms with Crippen molar-refractivity contribution in [1.82, 2.24) is 24.8 Å². The second-order valence-electron chi connectivity index (χ2n) is 7.92. The monoisotopic (exact) mass is 406 g/mol. The molecule has 5 rings (SSSR count). The summed E-state index contributed by atoms with van der Waals surface area (Å²) >= 11 is 0. The lowest BCUT2D eigenvalue weighted by Gasteiger charge is -2.46. The highest BCUT2D eigenvalue weighted by Crippen LogP contribution is 2.41. The van der Waals surface area contributed by atoms with Gasteiger partial charge in [0.2, 0.25) is 5.91 Å². The highest BCUT2D eigenvalue weighted by molar-refractivity contribution is 5.95. The Kier molecular flexibility index (Phi) is 4.38. The van der Waals surface area contributed by atoms with Crippen LogP contribution in [0.1, 0.15) is 41.2 Å². The van der Waals surface area contributed by atoms with Gasteiger partial charge < -0.3 is 9.42 Å². The summed E-state index contributed by atoms with van der Waals surface area (Å²) in [4.78, 5) is 33.5. The maximum absolute atomic E-state index is 13.1. The van der Waals surface area contributed by atoms with Crippen LogP contribution < -0.4 is 4.90 Å². The number of rotatable bonds is 3. The maximum Gasteiger partial charge on any atom is 0.272 e. The smallest absolute Gasteiger partial charge is 0.272 e. The maximum atomic E-state index is 13.1. The number of fused-ring (bicyclic) bond motifs is 2. The SMILES string of the molecule is Cc1cc(CN2C(=O)CC3(CCN(C(=O)c4ccccn4)CC3)n3nccc32)no1. The van der Waals surface area contributed by atoms with Crippen molar-refractivity contribution >= 4 is 17.6 Å².